The first-order valence-electron chi connectivity index (χ1n) is 5.90. The molecule has 2 aromatic rings. The zero-order chi connectivity index (χ0) is 14.5. The SMILES string of the molecule is C/C(=C\C(=O)c1cccnc1)Nc1cc(Cl)cc(Cl)c1. The van der Waals surface area contributed by atoms with E-state index in [-0.39, 0.29) is 5.78 Å². The molecule has 0 saturated heterocycles. The van der Waals surface area contributed by atoms with Crippen LogP contribution in [0.3, 0.4) is 0 Å². The number of aromatic nitrogens is 1. The van der Waals surface area contributed by atoms with E-state index < -0.39 is 0 Å². The number of rotatable bonds is 4. The van der Waals surface area contributed by atoms with Gasteiger partial charge >= 0.3 is 0 Å². The number of pyridine rings is 1. The Hall–Kier alpha value is -1.84. The van der Waals surface area contributed by atoms with E-state index in [2.05, 4.69) is 10.3 Å². The highest BCUT2D eigenvalue weighted by atomic mass is 35.5. The molecule has 102 valence electrons. The highest BCUT2D eigenvalue weighted by molar-refractivity contribution is 6.35. The summed E-state index contributed by atoms with van der Waals surface area (Å²) in [5.74, 6) is -0.115. The minimum atomic E-state index is -0.115. The normalized spacial score (nSPS) is 11.2. The van der Waals surface area contributed by atoms with Gasteiger partial charge in [0.1, 0.15) is 0 Å². The molecular formula is C15H12Cl2N2O. The van der Waals surface area contributed by atoms with Crippen LogP contribution in [0.15, 0.2) is 54.5 Å². The molecular weight excluding hydrogens is 295 g/mol. The first-order valence-corrected chi connectivity index (χ1v) is 6.66. The lowest BCUT2D eigenvalue weighted by atomic mass is 10.1. The van der Waals surface area contributed by atoms with Gasteiger partial charge in [0.05, 0.1) is 0 Å². The van der Waals surface area contributed by atoms with E-state index in [1.165, 1.54) is 12.3 Å². The summed E-state index contributed by atoms with van der Waals surface area (Å²) in [6.07, 6.45) is 4.66. The molecule has 1 N–H and O–H groups in total. The Morgan fingerprint density at radius 2 is 1.95 bits per heavy atom. The molecule has 0 fully saturated rings. The average Bonchev–Trinajstić information content (AvgIpc) is 2.38. The van der Waals surface area contributed by atoms with Crippen molar-refractivity contribution in [1.82, 2.24) is 4.98 Å². The summed E-state index contributed by atoms with van der Waals surface area (Å²) in [5, 5.41) is 4.14. The van der Waals surface area contributed by atoms with Gasteiger partial charge in [0, 0.05) is 45.5 Å². The molecule has 20 heavy (non-hydrogen) atoms. The van der Waals surface area contributed by atoms with Crippen LogP contribution in [-0.2, 0) is 0 Å². The number of anilines is 1. The predicted molar refractivity (Wildman–Crippen MR) is 82.4 cm³/mol. The van der Waals surface area contributed by atoms with Gasteiger partial charge in [-0.1, -0.05) is 23.2 Å². The molecule has 0 unspecified atom stereocenters. The lowest BCUT2D eigenvalue weighted by molar-refractivity contribution is 0.104. The molecule has 0 aliphatic rings. The Bertz CT molecular complexity index is 634. The molecule has 0 spiro atoms. The number of nitrogens with one attached hydrogen (secondary N) is 1. The fourth-order valence-corrected chi connectivity index (χ4v) is 2.20. The third-order valence-electron chi connectivity index (χ3n) is 2.50. The fourth-order valence-electron chi connectivity index (χ4n) is 1.68. The van der Waals surface area contributed by atoms with Gasteiger partial charge < -0.3 is 5.32 Å². The molecule has 0 saturated carbocycles. The second kappa shape index (κ2) is 6.55. The van der Waals surface area contributed by atoms with Crippen molar-refractivity contribution in [3.8, 4) is 0 Å². The van der Waals surface area contributed by atoms with Crippen LogP contribution in [0.2, 0.25) is 10.0 Å². The van der Waals surface area contributed by atoms with Crippen molar-refractivity contribution in [1.29, 1.82) is 0 Å². The van der Waals surface area contributed by atoms with Crippen molar-refractivity contribution in [2.75, 3.05) is 5.32 Å². The van der Waals surface area contributed by atoms with Gasteiger partial charge in [0.15, 0.2) is 5.78 Å². The second-order valence-corrected chi connectivity index (χ2v) is 5.09. The number of allylic oxidation sites excluding steroid dienone is 2. The summed E-state index contributed by atoms with van der Waals surface area (Å²) in [4.78, 5) is 15.9. The summed E-state index contributed by atoms with van der Waals surface area (Å²) in [7, 11) is 0. The summed E-state index contributed by atoms with van der Waals surface area (Å²) in [5.41, 5.74) is 1.96. The van der Waals surface area contributed by atoms with Crippen LogP contribution in [0.5, 0.6) is 0 Å². The van der Waals surface area contributed by atoms with Gasteiger partial charge in [-0.3, -0.25) is 9.78 Å². The molecule has 0 aliphatic heterocycles. The molecule has 5 heteroatoms. The number of nitrogens with zero attached hydrogens (tertiary/aromatic N) is 1. The smallest absolute Gasteiger partial charge is 0.189 e. The summed E-state index contributed by atoms with van der Waals surface area (Å²) in [6, 6.07) is 8.56. The maximum Gasteiger partial charge on any atom is 0.189 e. The molecule has 2 rings (SSSR count). The van der Waals surface area contributed by atoms with E-state index >= 15 is 0 Å². The van der Waals surface area contributed by atoms with E-state index in [1.807, 2.05) is 0 Å². The summed E-state index contributed by atoms with van der Waals surface area (Å²) >= 11 is 11.8. The predicted octanol–water partition coefficient (Wildman–Crippen LogP) is 4.59. The number of carbonyl (C=O) groups excluding carboxylic acids is 1. The van der Waals surface area contributed by atoms with Crippen LogP contribution in [0.4, 0.5) is 5.69 Å². The van der Waals surface area contributed by atoms with Gasteiger partial charge in [-0.15, -0.1) is 0 Å². The Kier molecular flexibility index (Phi) is 4.77. The van der Waals surface area contributed by atoms with Crippen molar-refractivity contribution < 1.29 is 4.79 Å². The summed E-state index contributed by atoms with van der Waals surface area (Å²) < 4.78 is 0. The first-order chi connectivity index (χ1) is 9.54. The standard InChI is InChI=1S/C15H12Cl2N2O/c1-10(5-15(20)11-3-2-4-18-9-11)19-14-7-12(16)6-13(17)8-14/h2-9,19H,1H3/b10-5+. The van der Waals surface area contributed by atoms with E-state index in [9.17, 15) is 4.79 Å². The van der Waals surface area contributed by atoms with Gasteiger partial charge in [-0.25, -0.2) is 0 Å². The van der Waals surface area contributed by atoms with Crippen LogP contribution < -0.4 is 5.32 Å². The molecule has 1 aromatic carbocycles. The lowest BCUT2D eigenvalue weighted by Crippen LogP contribution is -2.01. The van der Waals surface area contributed by atoms with Crippen LogP contribution in [0, 0.1) is 0 Å². The van der Waals surface area contributed by atoms with Gasteiger partial charge in [0.2, 0.25) is 0 Å². The average molecular weight is 307 g/mol. The van der Waals surface area contributed by atoms with Crippen LogP contribution >= 0.6 is 23.2 Å². The van der Waals surface area contributed by atoms with Crippen LogP contribution in [0.1, 0.15) is 17.3 Å². The van der Waals surface area contributed by atoms with Gasteiger partial charge in [-0.2, -0.15) is 0 Å². The van der Waals surface area contributed by atoms with Crippen LogP contribution in [0.25, 0.3) is 0 Å². The number of ketones is 1. The molecule has 0 atom stereocenters. The monoisotopic (exact) mass is 306 g/mol. The third-order valence-corrected chi connectivity index (χ3v) is 2.93. The quantitative estimate of drug-likeness (QED) is 0.663. The minimum absolute atomic E-state index is 0.115. The highest BCUT2D eigenvalue weighted by Crippen LogP contribution is 2.23. The number of hydrogen-bond donors (Lipinski definition) is 1. The minimum Gasteiger partial charge on any atom is -0.359 e. The third kappa shape index (κ3) is 4.08. The molecule has 0 amide bonds. The van der Waals surface area contributed by atoms with Crippen molar-refractivity contribution in [2.45, 2.75) is 6.92 Å². The van der Waals surface area contributed by atoms with E-state index in [0.717, 1.165) is 5.69 Å². The zero-order valence-corrected chi connectivity index (χ0v) is 12.2. The van der Waals surface area contributed by atoms with Crippen molar-refractivity contribution in [2.24, 2.45) is 0 Å². The maximum absolute atomic E-state index is 12.0. The second-order valence-electron chi connectivity index (χ2n) is 4.22. The summed E-state index contributed by atoms with van der Waals surface area (Å²) in [6.45, 7) is 1.79. The van der Waals surface area contributed by atoms with Crippen molar-refractivity contribution in [3.63, 3.8) is 0 Å². The van der Waals surface area contributed by atoms with E-state index in [0.29, 0.717) is 21.3 Å². The number of hydrogen-bond acceptors (Lipinski definition) is 3. The molecule has 1 aromatic heterocycles. The highest BCUT2D eigenvalue weighted by Gasteiger charge is 2.04. The number of benzene rings is 1. The van der Waals surface area contributed by atoms with E-state index in [4.69, 9.17) is 23.2 Å². The van der Waals surface area contributed by atoms with Crippen molar-refractivity contribution in [3.05, 3.63) is 70.1 Å². The Balaban J connectivity index is 2.13. The van der Waals surface area contributed by atoms with Crippen molar-refractivity contribution >= 4 is 34.7 Å². The van der Waals surface area contributed by atoms with Gasteiger partial charge in [0.25, 0.3) is 0 Å². The topological polar surface area (TPSA) is 42.0 Å². The molecule has 3 nitrogen and oxygen atoms in total. The number of halogens is 2. The first kappa shape index (κ1) is 14.6. The maximum atomic E-state index is 12.0. The van der Waals surface area contributed by atoms with Gasteiger partial charge in [-0.05, 0) is 37.3 Å². The largest absolute Gasteiger partial charge is 0.359 e. The molecule has 1 heterocycles. The number of carbonyl (C=O) groups is 1. The zero-order valence-electron chi connectivity index (χ0n) is 10.7. The molecule has 0 bridgehead atoms. The Morgan fingerprint density at radius 3 is 2.55 bits per heavy atom. The fraction of sp³-hybridized carbons (Fsp3) is 0.0667. The molecule has 0 aliphatic carbocycles. The Morgan fingerprint density at radius 1 is 1.25 bits per heavy atom. The van der Waals surface area contributed by atoms with Crippen LogP contribution in [-0.4, -0.2) is 10.8 Å². The molecule has 0 radical (unpaired) electrons. The van der Waals surface area contributed by atoms with E-state index in [1.54, 1.807) is 43.5 Å². The lowest BCUT2D eigenvalue weighted by Gasteiger charge is -2.07. The Labute approximate surface area is 127 Å².